The van der Waals surface area contributed by atoms with Gasteiger partial charge in [-0.3, -0.25) is 4.79 Å². The molecule has 2 aromatic rings. The van der Waals surface area contributed by atoms with Gasteiger partial charge in [0, 0.05) is 18.5 Å². The minimum absolute atomic E-state index is 0.212. The molecule has 0 fully saturated rings. The van der Waals surface area contributed by atoms with Gasteiger partial charge in [0.15, 0.2) is 0 Å². The number of anilines is 3. The van der Waals surface area contributed by atoms with Crippen molar-refractivity contribution in [3.8, 4) is 0 Å². The second-order valence-corrected chi connectivity index (χ2v) is 4.94. The molecule has 6 nitrogen and oxygen atoms in total. The van der Waals surface area contributed by atoms with Crippen LogP contribution in [0, 0.1) is 0 Å². The maximum atomic E-state index is 12.1. The Morgan fingerprint density at radius 3 is 3.00 bits per heavy atom. The van der Waals surface area contributed by atoms with E-state index in [1.54, 1.807) is 25.4 Å². The smallest absolute Gasteiger partial charge is 0.283 e. The Morgan fingerprint density at radius 2 is 2.30 bits per heavy atom. The Labute approximate surface area is 124 Å². The molecule has 1 aromatic carbocycles. The molecule has 7 heteroatoms. The maximum absolute atomic E-state index is 12.1. The average molecular weight is 339 g/mol. The number of rotatable bonds is 5. The van der Waals surface area contributed by atoms with Crippen LogP contribution in [0.5, 0.6) is 0 Å². The van der Waals surface area contributed by atoms with Crippen LogP contribution in [0.2, 0.25) is 0 Å². The standard InChI is InChI=1S/C13H15BrN4O2/c1-20-6-5-18-13(19)12(14)11(8-16-18)17-10-4-2-3-9(15)7-10/h2-4,7-8,17H,5-6,15H2,1H3. The Kier molecular flexibility index (Phi) is 4.75. The summed E-state index contributed by atoms with van der Waals surface area (Å²) in [5.41, 5.74) is 7.53. The second-order valence-electron chi connectivity index (χ2n) is 4.14. The minimum atomic E-state index is -0.212. The van der Waals surface area contributed by atoms with Crippen LogP contribution in [0.15, 0.2) is 39.7 Å². The molecule has 2 rings (SSSR count). The van der Waals surface area contributed by atoms with Gasteiger partial charge in [-0.15, -0.1) is 0 Å². The number of methoxy groups -OCH3 is 1. The van der Waals surface area contributed by atoms with Crippen LogP contribution in [0.3, 0.4) is 0 Å². The molecule has 1 heterocycles. The first-order valence-electron chi connectivity index (χ1n) is 5.99. The fraction of sp³-hybridized carbons (Fsp3) is 0.231. The highest BCUT2D eigenvalue weighted by Crippen LogP contribution is 2.22. The minimum Gasteiger partial charge on any atom is -0.399 e. The number of nitrogen functional groups attached to an aromatic ring is 1. The highest BCUT2D eigenvalue weighted by atomic mass is 79.9. The number of nitrogens with zero attached hydrogens (tertiary/aromatic N) is 2. The van der Waals surface area contributed by atoms with E-state index in [1.807, 2.05) is 12.1 Å². The van der Waals surface area contributed by atoms with E-state index in [2.05, 4.69) is 26.3 Å². The van der Waals surface area contributed by atoms with Gasteiger partial charge in [0.2, 0.25) is 0 Å². The largest absolute Gasteiger partial charge is 0.399 e. The van der Waals surface area contributed by atoms with Gasteiger partial charge < -0.3 is 15.8 Å². The molecule has 0 aliphatic carbocycles. The predicted octanol–water partition coefficient (Wildman–Crippen LogP) is 1.98. The third-order valence-electron chi connectivity index (χ3n) is 2.66. The molecule has 0 saturated carbocycles. The molecule has 0 spiro atoms. The molecular weight excluding hydrogens is 324 g/mol. The van der Waals surface area contributed by atoms with Crippen LogP contribution in [-0.2, 0) is 11.3 Å². The Bertz CT molecular complexity index is 657. The van der Waals surface area contributed by atoms with Crippen LogP contribution in [0.25, 0.3) is 0 Å². The van der Waals surface area contributed by atoms with E-state index < -0.39 is 0 Å². The summed E-state index contributed by atoms with van der Waals surface area (Å²) in [7, 11) is 1.58. The van der Waals surface area contributed by atoms with Crippen molar-refractivity contribution in [2.24, 2.45) is 0 Å². The molecule has 0 aliphatic rings. The van der Waals surface area contributed by atoms with E-state index in [0.29, 0.717) is 29.0 Å². The lowest BCUT2D eigenvalue weighted by Gasteiger charge is -2.10. The highest BCUT2D eigenvalue weighted by molar-refractivity contribution is 9.10. The Balaban J connectivity index is 2.25. The molecular formula is C13H15BrN4O2. The molecule has 0 bridgehead atoms. The van der Waals surface area contributed by atoms with Crippen molar-refractivity contribution >= 4 is 33.0 Å². The molecule has 0 amide bonds. The number of ether oxygens (including phenoxy) is 1. The van der Waals surface area contributed by atoms with Gasteiger partial charge in [0.05, 0.1) is 25.0 Å². The Morgan fingerprint density at radius 1 is 1.50 bits per heavy atom. The first-order chi connectivity index (χ1) is 9.61. The highest BCUT2D eigenvalue weighted by Gasteiger charge is 2.09. The summed E-state index contributed by atoms with van der Waals surface area (Å²) in [5, 5.41) is 7.20. The molecule has 0 atom stereocenters. The van der Waals surface area contributed by atoms with Gasteiger partial charge >= 0.3 is 0 Å². The zero-order valence-electron chi connectivity index (χ0n) is 11.0. The van der Waals surface area contributed by atoms with Crippen LogP contribution in [0.1, 0.15) is 0 Å². The summed E-state index contributed by atoms with van der Waals surface area (Å²) in [5.74, 6) is 0. The lowest BCUT2D eigenvalue weighted by molar-refractivity contribution is 0.181. The number of nitrogens with two attached hydrogens (primary N) is 1. The maximum Gasteiger partial charge on any atom is 0.283 e. The van der Waals surface area contributed by atoms with E-state index in [0.717, 1.165) is 5.69 Å². The van der Waals surface area contributed by atoms with Crippen molar-refractivity contribution in [3.05, 3.63) is 45.3 Å². The monoisotopic (exact) mass is 338 g/mol. The van der Waals surface area contributed by atoms with E-state index in [1.165, 1.54) is 4.68 Å². The molecule has 106 valence electrons. The number of benzene rings is 1. The van der Waals surface area contributed by atoms with Gasteiger partial charge in [0.25, 0.3) is 5.56 Å². The van der Waals surface area contributed by atoms with Crippen molar-refractivity contribution in [3.63, 3.8) is 0 Å². The Hall–Kier alpha value is -1.86. The first-order valence-corrected chi connectivity index (χ1v) is 6.78. The fourth-order valence-electron chi connectivity index (χ4n) is 1.66. The average Bonchev–Trinajstić information content (AvgIpc) is 2.43. The van der Waals surface area contributed by atoms with Crippen molar-refractivity contribution in [2.75, 3.05) is 24.8 Å². The molecule has 3 N–H and O–H groups in total. The summed E-state index contributed by atoms with van der Waals surface area (Å²) in [6.45, 7) is 0.841. The summed E-state index contributed by atoms with van der Waals surface area (Å²) in [6.07, 6.45) is 1.59. The summed E-state index contributed by atoms with van der Waals surface area (Å²) < 4.78 is 6.70. The van der Waals surface area contributed by atoms with Gasteiger partial charge in [-0.1, -0.05) is 6.07 Å². The fourth-order valence-corrected chi connectivity index (χ4v) is 2.07. The number of halogens is 1. The third kappa shape index (κ3) is 3.37. The SMILES string of the molecule is COCCn1ncc(Nc2cccc(N)c2)c(Br)c1=O. The molecule has 20 heavy (non-hydrogen) atoms. The van der Waals surface area contributed by atoms with Gasteiger partial charge in [-0.25, -0.2) is 4.68 Å². The number of nitrogens with one attached hydrogen (secondary N) is 1. The van der Waals surface area contributed by atoms with Crippen LogP contribution in [0.4, 0.5) is 17.1 Å². The van der Waals surface area contributed by atoms with Crippen molar-refractivity contribution < 1.29 is 4.74 Å². The van der Waals surface area contributed by atoms with Crippen molar-refractivity contribution in [1.82, 2.24) is 9.78 Å². The topological polar surface area (TPSA) is 82.2 Å². The van der Waals surface area contributed by atoms with Crippen molar-refractivity contribution in [2.45, 2.75) is 6.54 Å². The zero-order valence-corrected chi connectivity index (χ0v) is 12.6. The quantitative estimate of drug-likeness (QED) is 0.814. The molecule has 0 saturated heterocycles. The normalized spacial score (nSPS) is 10.5. The predicted molar refractivity (Wildman–Crippen MR) is 82.2 cm³/mol. The van der Waals surface area contributed by atoms with Crippen LogP contribution < -0.4 is 16.6 Å². The van der Waals surface area contributed by atoms with Gasteiger partial charge in [0.1, 0.15) is 4.47 Å². The lowest BCUT2D eigenvalue weighted by atomic mass is 10.3. The van der Waals surface area contributed by atoms with E-state index in [4.69, 9.17) is 10.5 Å². The van der Waals surface area contributed by atoms with Gasteiger partial charge in [-0.05, 0) is 34.1 Å². The third-order valence-corrected chi connectivity index (χ3v) is 3.42. The van der Waals surface area contributed by atoms with E-state index >= 15 is 0 Å². The zero-order chi connectivity index (χ0) is 14.5. The van der Waals surface area contributed by atoms with E-state index in [-0.39, 0.29) is 5.56 Å². The molecule has 0 radical (unpaired) electrons. The number of hydrogen-bond acceptors (Lipinski definition) is 5. The van der Waals surface area contributed by atoms with Gasteiger partial charge in [-0.2, -0.15) is 5.10 Å². The molecule has 0 aliphatic heterocycles. The van der Waals surface area contributed by atoms with Crippen LogP contribution in [-0.4, -0.2) is 23.5 Å². The van der Waals surface area contributed by atoms with Crippen molar-refractivity contribution in [1.29, 1.82) is 0 Å². The number of aromatic nitrogens is 2. The first kappa shape index (κ1) is 14.5. The lowest BCUT2D eigenvalue weighted by Crippen LogP contribution is -2.25. The molecule has 0 unspecified atom stereocenters. The summed E-state index contributed by atoms with van der Waals surface area (Å²) in [6, 6.07) is 7.27. The number of hydrogen-bond donors (Lipinski definition) is 2. The second kappa shape index (κ2) is 6.53. The summed E-state index contributed by atoms with van der Waals surface area (Å²) in [4.78, 5) is 12.1. The van der Waals surface area contributed by atoms with Crippen LogP contribution >= 0.6 is 15.9 Å². The van der Waals surface area contributed by atoms with E-state index in [9.17, 15) is 4.79 Å². The summed E-state index contributed by atoms with van der Waals surface area (Å²) >= 11 is 3.29. The molecule has 1 aromatic heterocycles.